The highest BCUT2D eigenvalue weighted by molar-refractivity contribution is 6.02. The number of carbonyl (C=O) groups is 4. The summed E-state index contributed by atoms with van der Waals surface area (Å²) in [5, 5.41) is 10.8. The molecule has 1 spiro atoms. The molecule has 0 radical (unpaired) electrons. The molecule has 6 aliphatic rings. The molecule has 4 fully saturated rings. The molecule has 8 heteroatoms. The molecular formula is C25H33NO7. The van der Waals surface area contributed by atoms with Crippen LogP contribution in [0, 0.1) is 34.5 Å². The van der Waals surface area contributed by atoms with E-state index in [1.807, 2.05) is 11.8 Å². The Kier molecular flexibility index (Phi) is 5.23. The van der Waals surface area contributed by atoms with Crippen LogP contribution in [0.4, 0.5) is 0 Å². The zero-order valence-electron chi connectivity index (χ0n) is 19.6. The Morgan fingerprint density at radius 3 is 2.67 bits per heavy atom. The summed E-state index contributed by atoms with van der Waals surface area (Å²) in [6, 6.07) is 0. The van der Waals surface area contributed by atoms with Gasteiger partial charge in [0.05, 0.1) is 31.2 Å². The fraction of sp³-hybridized carbons (Fsp3) is 0.760. The lowest BCUT2D eigenvalue weighted by Crippen LogP contribution is -2.67. The summed E-state index contributed by atoms with van der Waals surface area (Å²) in [4.78, 5) is 54.3. The van der Waals surface area contributed by atoms with Crippen LogP contribution in [0.1, 0.15) is 52.4 Å². The minimum absolute atomic E-state index is 0.0548. The van der Waals surface area contributed by atoms with Gasteiger partial charge in [-0.1, -0.05) is 6.92 Å². The first-order valence-corrected chi connectivity index (χ1v) is 12.1. The Morgan fingerprint density at radius 2 is 1.97 bits per heavy atom. The van der Waals surface area contributed by atoms with Crippen molar-refractivity contribution in [1.29, 1.82) is 0 Å². The molecule has 3 unspecified atom stereocenters. The zero-order valence-corrected chi connectivity index (χ0v) is 19.6. The molecule has 3 aliphatic carbocycles. The SMILES string of the molecule is COC(=O)[C@@H]1CC23C(=O)N4CC(CC5=C2[C@@H]1CCC5=O)C3(COC(C)=O)CC[C@@H](O)[C@H](C)C4. The second-order valence-corrected chi connectivity index (χ2v) is 10.8. The van der Waals surface area contributed by atoms with Gasteiger partial charge >= 0.3 is 11.9 Å². The van der Waals surface area contributed by atoms with Crippen molar-refractivity contribution in [2.24, 2.45) is 34.5 Å². The van der Waals surface area contributed by atoms with Gasteiger partial charge in [-0.3, -0.25) is 19.2 Å². The molecule has 1 N–H and O–H groups in total. The summed E-state index contributed by atoms with van der Waals surface area (Å²) in [5.41, 5.74) is -0.296. The molecule has 7 atom stereocenters. The molecular weight excluding hydrogens is 426 g/mol. The smallest absolute Gasteiger partial charge is 0.309 e. The van der Waals surface area contributed by atoms with Crippen molar-refractivity contribution in [3.05, 3.63) is 11.1 Å². The summed E-state index contributed by atoms with van der Waals surface area (Å²) < 4.78 is 10.8. The van der Waals surface area contributed by atoms with E-state index in [0.717, 1.165) is 11.1 Å². The molecule has 0 aromatic heterocycles. The number of aliphatic hydroxyl groups excluding tert-OH is 1. The number of allylic oxidation sites excluding steroid dienone is 1. The molecule has 6 rings (SSSR count). The van der Waals surface area contributed by atoms with Gasteiger partial charge in [0.25, 0.3) is 0 Å². The van der Waals surface area contributed by atoms with E-state index in [9.17, 15) is 24.3 Å². The van der Waals surface area contributed by atoms with Crippen LogP contribution < -0.4 is 0 Å². The molecule has 1 saturated carbocycles. The zero-order chi connectivity index (χ0) is 23.7. The van der Waals surface area contributed by atoms with Crippen LogP contribution >= 0.6 is 0 Å². The fourth-order valence-corrected chi connectivity index (χ4v) is 7.95. The van der Waals surface area contributed by atoms with Crippen molar-refractivity contribution in [3.63, 3.8) is 0 Å². The van der Waals surface area contributed by atoms with Gasteiger partial charge < -0.3 is 19.5 Å². The van der Waals surface area contributed by atoms with Crippen molar-refractivity contribution in [3.8, 4) is 0 Å². The van der Waals surface area contributed by atoms with Gasteiger partial charge in [0.1, 0.15) is 0 Å². The number of hydrogen-bond donors (Lipinski definition) is 1. The molecule has 4 bridgehead atoms. The minimum atomic E-state index is -1.08. The number of nitrogens with zero attached hydrogens (tertiary/aromatic N) is 1. The number of aliphatic hydroxyl groups is 1. The Morgan fingerprint density at radius 1 is 1.21 bits per heavy atom. The monoisotopic (exact) mass is 459 g/mol. The van der Waals surface area contributed by atoms with Crippen LogP contribution in [-0.4, -0.2) is 66.5 Å². The fourth-order valence-electron chi connectivity index (χ4n) is 7.95. The first-order valence-electron chi connectivity index (χ1n) is 12.1. The summed E-state index contributed by atoms with van der Waals surface area (Å²) in [5.74, 6) is -1.66. The highest BCUT2D eigenvalue weighted by Crippen LogP contribution is 2.72. The number of carbonyl (C=O) groups excluding carboxylic acids is 4. The Labute approximate surface area is 193 Å². The van der Waals surface area contributed by atoms with Gasteiger partial charge in [0.2, 0.25) is 5.91 Å². The molecule has 33 heavy (non-hydrogen) atoms. The lowest BCUT2D eigenvalue weighted by atomic mass is 9.45. The number of ether oxygens (including phenoxy) is 2. The maximum atomic E-state index is 14.4. The molecule has 1 amide bonds. The van der Waals surface area contributed by atoms with Gasteiger partial charge in [-0.05, 0) is 61.0 Å². The van der Waals surface area contributed by atoms with Crippen molar-refractivity contribution in [2.45, 2.75) is 58.5 Å². The third-order valence-corrected chi connectivity index (χ3v) is 9.45. The average molecular weight is 460 g/mol. The van der Waals surface area contributed by atoms with Crippen molar-refractivity contribution >= 4 is 23.6 Å². The molecule has 0 aromatic carbocycles. The van der Waals surface area contributed by atoms with Crippen LogP contribution in [0.3, 0.4) is 0 Å². The van der Waals surface area contributed by atoms with E-state index in [4.69, 9.17) is 9.47 Å². The number of amides is 1. The summed E-state index contributed by atoms with van der Waals surface area (Å²) in [7, 11) is 1.36. The van der Waals surface area contributed by atoms with Gasteiger partial charge in [-0.25, -0.2) is 0 Å². The molecule has 3 heterocycles. The Bertz CT molecular complexity index is 956. The van der Waals surface area contributed by atoms with E-state index in [1.165, 1.54) is 14.0 Å². The van der Waals surface area contributed by atoms with Gasteiger partial charge in [0, 0.05) is 31.8 Å². The molecule has 0 aromatic rings. The number of rotatable bonds is 3. The maximum absolute atomic E-state index is 14.4. The number of fused-ring (bicyclic) bond motifs is 4. The molecule has 3 aliphatic heterocycles. The lowest BCUT2D eigenvalue weighted by Gasteiger charge is -2.61. The number of esters is 2. The molecule has 180 valence electrons. The largest absolute Gasteiger partial charge is 0.469 e. The average Bonchev–Trinajstić information content (AvgIpc) is 3.16. The van der Waals surface area contributed by atoms with Crippen LogP contribution in [-0.2, 0) is 28.7 Å². The normalized spacial score (nSPS) is 41.8. The van der Waals surface area contributed by atoms with E-state index in [0.29, 0.717) is 45.2 Å². The van der Waals surface area contributed by atoms with E-state index in [-0.39, 0.29) is 48.4 Å². The maximum Gasteiger partial charge on any atom is 0.309 e. The Balaban J connectivity index is 1.77. The lowest BCUT2D eigenvalue weighted by molar-refractivity contribution is -0.181. The number of hydrogen-bond acceptors (Lipinski definition) is 7. The quantitative estimate of drug-likeness (QED) is 0.639. The van der Waals surface area contributed by atoms with Gasteiger partial charge in [0.15, 0.2) is 5.78 Å². The predicted octanol–water partition coefficient (Wildman–Crippen LogP) is 1.64. The summed E-state index contributed by atoms with van der Waals surface area (Å²) in [6.07, 6.45) is 2.10. The standard InChI is InChI=1S/C25H33NO7/c1-13-10-26-11-15-8-17-20(29)5-4-16-18(22(30)32-3)9-25(21(16)17,23(26)31)24(15,7-6-19(13)28)12-33-14(2)27/h13,15-16,18-19,28H,4-12H2,1-3H3/t13-,15?,16-,18-,19-,24?,25?/m1/s1. The topological polar surface area (TPSA) is 110 Å². The van der Waals surface area contributed by atoms with Crippen LogP contribution in [0.5, 0.6) is 0 Å². The molecule has 8 nitrogen and oxygen atoms in total. The molecule has 3 saturated heterocycles. The second kappa shape index (κ2) is 7.65. The van der Waals surface area contributed by atoms with E-state index < -0.39 is 28.8 Å². The van der Waals surface area contributed by atoms with Crippen molar-refractivity contribution in [2.75, 3.05) is 26.8 Å². The third-order valence-electron chi connectivity index (χ3n) is 9.45. The highest BCUT2D eigenvalue weighted by atomic mass is 16.5. The Hall–Kier alpha value is -2.22. The number of ketones is 1. The third kappa shape index (κ3) is 2.92. The van der Waals surface area contributed by atoms with E-state index in [1.54, 1.807) is 0 Å². The van der Waals surface area contributed by atoms with Gasteiger partial charge in [-0.15, -0.1) is 0 Å². The first-order chi connectivity index (χ1) is 15.7. The predicted molar refractivity (Wildman–Crippen MR) is 115 cm³/mol. The minimum Gasteiger partial charge on any atom is -0.469 e. The number of Topliss-reactive ketones (excluding diaryl/α,β-unsaturated/α-hetero) is 1. The summed E-state index contributed by atoms with van der Waals surface area (Å²) >= 11 is 0. The highest BCUT2D eigenvalue weighted by Gasteiger charge is 2.74. The van der Waals surface area contributed by atoms with Crippen molar-refractivity contribution < 1.29 is 33.8 Å². The second-order valence-electron chi connectivity index (χ2n) is 10.8. The number of piperidine rings is 1. The van der Waals surface area contributed by atoms with E-state index in [2.05, 4.69) is 0 Å². The van der Waals surface area contributed by atoms with Crippen molar-refractivity contribution in [1.82, 2.24) is 4.90 Å². The van der Waals surface area contributed by atoms with Crippen LogP contribution in [0.25, 0.3) is 0 Å². The van der Waals surface area contributed by atoms with Crippen LogP contribution in [0.15, 0.2) is 11.1 Å². The van der Waals surface area contributed by atoms with E-state index >= 15 is 0 Å². The van der Waals surface area contributed by atoms with Crippen LogP contribution in [0.2, 0.25) is 0 Å². The van der Waals surface area contributed by atoms with Gasteiger partial charge in [-0.2, -0.15) is 0 Å². The number of methoxy groups -OCH3 is 1. The summed E-state index contributed by atoms with van der Waals surface area (Å²) in [6.45, 7) is 4.27. The first kappa shape index (κ1) is 22.6.